The van der Waals surface area contributed by atoms with Gasteiger partial charge in [0.1, 0.15) is 5.75 Å². The van der Waals surface area contributed by atoms with Crippen LogP contribution in [0.1, 0.15) is 44.7 Å². The largest absolute Gasteiger partial charge is 0.492 e. The number of alkyl halides is 3. The highest BCUT2D eigenvalue weighted by Crippen LogP contribution is 2.35. The summed E-state index contributed by atoms with van der Waals surface area (Å²) in [5.41, 5.74) is 0.0876. The standard InChI is InChI=1S/C21H23BrF3NO2/c1-20(2,3)14-10-11-18(16(22)13-14)28-12-6-9-19(27)26-17-8-5-4-7-15(17)21(23,24)25/h4-5,7-8,10-11,13H,6,9,12H2,1-3H3,(H,26,27). The summed E-state index contributed by atoms with van der Waals surface area (Å²) < 4.78 is 45.4. The van der Waals surface area contributed by atoms with Crippen LogP contribution < -0.4 is 10.1 Å². The lowest BCUT2D eigenvalue weighted by Crippen LogP contribution is -2.17. The van der Waals surface area contributed by atoms with Crippen LogP contribution in [0.4, 0.5) is 18.9 Å². The fourth-order valence-electron chi connectivity index (χ4n) is 2.55. The summed E-state index contributed by atoms with van der Waals surface area (Å²) in [6.07, 6.45) is -4.07. The van der Waals surface area contributed by atoms with Gasteiger partial charge in [0.2, 0.25) is 5.91 Å². The van der Waals surface area contributed by atoms with Crippen LogP contribution in [0.5, 0.6) is 5.75 Å². The lowest BCUT2D eigenvalue weighted by atomic mass is 9.87. The number of ether oxygens (including phenoxy) is 1. The third-order valence-corrected chi connectivity index (χ3v) is 4.73. The molecule has 7 heteroatoms. The lowest BCUT2D eigenvalue weighted by Gasteiger charge is -2.20. The minimum absolute atomic E-state index is 0.0197. The monoisotopic (exact) mass is 457 g/mol. The molecule has 0 aromatic heterocycles. The predicted molar refractivity (Wildman–Crippen MR) is 108 cm³/mol. The van der Waals surface area contributed by atoms with Gasteiger partial charge in [-0.2, -0.15) is 13.2 Å². The van der Waals surface area contributed by atoms with Crippen molar-refractivity contribution in [1.29, 1.82) is 0 Å². The van der Waals surface area contributed by atoms with E-state index in [1.165, 1.54) is 18.2 Å². The second-order valence-electron chi connectivity index (χ2n) is 7.44. The van der Waals surface area contributed by atoms with Gasteiger partial charge in [-0.15, -0.1) is 0 Å². The zero-order valence-electron chi connectivity index (χ0n) is 16.0. The summed E-state index contributed by atoms with van der Waals surface area (Å²) in [5, 5.41) is 2.33. The molecular weight excluding hydrogens is 435 g/mol. The molecule has 0 aliphatic heterocycles. The van der Waals surface area contributed by atoms with Crippen LogP contribution in [0.3, 0.4) is 0 Å². The Labute approximate surface area is 171 Å². The molecule has 0 atom stereocenters. The maximum Gasteiger partial charge on any atom is 0.418 e. The molecule has 0 unspecified atom stereocenters. The van der Waals surface area contributed by atoms with Crippen molar-refractivity contribution in [2.45, 2.75) is 45.2 Å². The SMILES string of the molecule is CC(C)(C)c1ccc(OCCCC(=O)Nc2ccccc2C(F)(F)F)c(Br)c1. The van der Waals surface area contributed by atoms with E-state index < -0.39 is 17.6 Å². The first-order valence-electron chi connectivity index (χ1n) is 8.87. The highest BCUT2D eigenvalue weighted by atomic mass is 79.9. The van der Waals surface area contributed by atoms with E-state index in [0.29, 0.717) is 12.2 Å². The van der Waals surface area contributed by atoms with E-state index in [0.717, 1.165) is 16.1 Å². The van der Waals surface area contributed by atoms with E-state index in [4.69, 9.17) is 4.74 Å². The molecule has 2 rings (SSSR count). The molecule has 152 valence electrons. The molecule has 0 aliphatic rings. The average Bonchev–Trinajstić information content (AvgIpc) is 2.58. The second-order valence-corrected chi connectivity index (χ2v) is 8.29. The molecule has 28 heavy (non-hydrogen) atoms. The van der Waals surface area contributed by atoms with E-state index in [1.807, 2.05) is 18.2 Å². The Morgan fingerprint density at radius 1 is 1.11 bits per heavy atom. The summed E-state index contributed by atoms with van der Waals surface area (Å²) in [7, 11) is 0. The van der Waals surface area contributed by atoms with E-state index in [9.17, 15) is 18.0 Å². The van der Waals surface area contributed by atoms with E-state index in [2.05, 4.69) is 42.0 Å². The van der Waals surface area contributed by atoms with Gasteiger partial charge in [-0.05, 0) is 57.6 Å². The fraction of sp³-hybridized carbons (Fsp3) is 0.381. The summed E-state index contributed by atoms with van der Waals surface area (Å²) in [4.78, 5) is 12.0. The van der Waals surface area contributed by atoms with Crippen LogP contribution in [-0.4, -0.2) is 12.5 Å². The normalized spacial score (nSPS) is 12.0. The average molecular weight is 458 g/mol. The van der Waals surface area contributed by atoms with E-state index >= 15 is 0 Å². The van der Waals surface area contributed by atoms with Crippen molar-refractivity contribution in [3.63, 3.8) is 0 Å². The quantitative estimate of drug-likeness (QED) is 0.498. The topological polar surface area (TPSA) is 38.3 Å². The van der Waals surface area contributed by atoms with Crippen molar-refractivity contribution >= 4 is 27.5 Å². The predicted octanol–water partition coefficient (Wildman–Crippen LogP) is 6.56. The number of benzene rings is 2. The molecule has 0 saturated carbocycles. The van der Waals surface area contributed by atoms with Crippen LogP contribution in [0.15, 0.2) is 46.9 Å². The molecule has 0 radical (unpaired) electrons. The molecule has 0 saturated heterocycles. The van der Waals surface area contributed by atoms with Crippen LogP contribution in [0.2, 0.25) is 0 Å². The van der Waals surface area contributed by atoms with E-state index in [1.54, 1.807) is 0 Å². The third kappa shape index (κ3) is 6.26. The molecule has 0 bridgehead atoms. The Morgan fingerprint density at radius 2 is 1.79 bits per heavy atom. The molecule has 1 amide bonds. The van der Waals surface area contributed by atoms with Crippen molar-refractivity contribution in [2.24, 2.45) is 0 Å². The summed E-state index contributed by atoms with van der Waals surface area (Å²) in [6.45, 7) is 6.63. The Balaban J connectivity index is 1.86. The van der Waals surface area contributed by atoms with E-state index in [-0.39, 0.29) is 24.1 Å². The Hall–Kier alpha value is -2.02. The van der Waals surface area contributed by atoms with Gasteiger partial charge in [-0.3, -0.25) is 4.79 Å². The number of hydrogen-bond donors (Lipinski definition) is 1. The number of anilines is 1. The van der Waals surface area contributed by atoms with Crippen LogP contribution >= 0.6 is 15.9 Å². The van der Waals surface area contributed by atoms with Crippen LogP contribution in [0, 0.1) is 0 Å². The Kier molecular flexibility index (Phi) is 7.15. The molecule has 2 aromatic carbocycles. The molecule has 2 aromatic rings. The molecule has 0 aliphatic carbocycles. The van der Waals surface area contributed by atoms with Gasteiger partial charge in [0, 0.05) is 6.42 Å². The Bertz CT molecular complexity index is 829. The van der Waals surface area contributed by atoms with Gasteiger partial charge in [-0.25, -0.2) is 0 Å². The number of amides is 1. The zero-order valence-corrected chi connectivity index (χ0v) is 17.6. The number of hydrogen-bond acceptors (Lipinski definition) is 2. The lowest BCUT2D eigenvalue weighted by molar-refractivity contribution is -0.137. The maximum absolute atomic E-state index is 13.0. The Morgan fingerprint density at radius 3 is 2.39 bits per heavy atom. The maximum atomic E-state index is 13.0. The molecule has 3 nitrogen and oxygen atoms in total. The van der Waals surface area contributed by atoms with Gasteiger partial charge < -0.3 is 10.1 Å². The number of halogens is 4. The molecule has 0 spiro atoms. The number of carbonyl (C=O) groups is 1. The highest BCUT2D eigenvalue weighted by molar-refractivity contribution is 9.10. The van der Waals surface area contributed by atoms with Crippen molar-refractivity contribution < 1.29 is 22.7 Å². The fourth-order valence-corrected chi connectivity index (χ4v) is 3.04. The summed E-state index contributed by atoms with van der Waals surface area (Å²) in [6, 6.07) is 10.8. The number of para-hydroxylation sites is 1. The molecular formula is C21H23BrF3NO2. The number of rotatable bonds is 6. The number of carbonyl (C=O) groups excluding carboxylic acids is 1. The van der Waals surface area contributed by atoms with Gasteiger partial charge in [-0.1, -0.05) is 39.0 Å². The second kappa shape index (κ2) is 8.99. The van der Waals surface area contributed by atoms with Gasteiger partial charge in [0.15, 0.2) is 0 Å². The van der Waals surface area contributed by atoms with Gasteiger partial charge in [0.05, 0.1) is 22.3 Å². The van der Waals surface area contributed by atoms with Crippen LogP contribution in [0.25, 0.3) is 0 Å². The van der Waals surface area contributed by atoms with Crippen LogP contribution in [-0.2, 0) is 16.4 Å². The smallest absolute Gasteiger partial charge is 0.418 e. The third-order valence-electron chi connectivity index (χ3n) is 4.11. The minimum atomic E-state index is -4.52. The van der Waals surface area contributed by atoms with Gasteiger partial charge >= 0.3 is 6.18 Å². The van der Waals surface area contributed by atoms with Crippen molar-refractivity contribution in [3.05, 3.63) is 58.1 Å². The zero-order chi connectivity index (χ0) is 20.9. The summed E-state index contributed by atoms with van der Waals surface area (Å²) >= 11 is 3.48. The van der Waals surface area contributed by atoms with Crippen molar-refractivity contribution in [1.82, 2.24) is 0 Å². The number of nitrogens with one attached hydrogen (secondary N) is 1. The minimum Gasteiger partial charge on any atom is -0.492 e. The van der Waals surface area contributed by atoms with Gasteiger partial charge in [0.25, 0.3) is 0 Å². The van der Waals surface area contributed by atoms with Crippen molar-refractivity contribution in [3.8, 4) is 5.75 Å². The van der Waals surface area contributed by atoms with Crippen molar-refractivity contribution in [2.75, 3.05) is 11.9 Å². The highest BCUT2D eigenvalue weighted by Gasteiger charge is 2.33. The molecule has 1 N–H and O–H groups in total. The first-order chi connectivity index (χ1) is 13.0. The molecule has 0 heterocycles. The molecule has 0 fully saturated rings. The summed E-state index contributed by atoms with van der Waals surface area (Å²) in [5.74, 6) is 0.179. The first-order valence-corrected chi connectivity index (χ1v) is 9.66. The first kappa shape index (κ1) is 22.3.